The molecule has 0 spiro atoms. The Morgan fingerprint density at radius 2 is 2.31 bits per heavy atom. The molecule has 13 heavy (non-hydrogen) atoms. The van der Waals surface area contributed by atoms with Crippen molar-refractivity contribution in [3.63, 3.8) is 0 Å². The summed E-state index contributed by atoms with van der Waals surface area (Å²) in [6.07, 6.45) is 2.58. The lowest BCUT2D eigenvalue weighted by Gasteiger charge is -2.07. The molecule has 0 saturated carbocycles. The zero-order valence-electron chi connectivity index (χ0n) is 9.21. The van der Waals surface area contributed by atoms with Gasteiger partial charge in [-0.15, -0.1) is 0 Å². The van der Waals surface area contributed by atoms with Crippen molar-refractivity contribution >= 4 is 14.9 Å². The number of rotatable bonds is 5. The van der Waals surface area contributed by atoms with Crippen molar-refractivity contribution < 1.29 is 11.3 Å². The molecule has 0 aliphatic heterocycles. The first-order valence-electron chi connectivity index (χ1n) is 4.72. The summed E-state index contributed by atoms with van der Waals surface area (Å²) in [4.78, 5) is 10.9. The monoisotopic (exact) mass is 207 g/mol. The zero-order chi connectivity index (χ0) is 11.4. The van der Waals surface area contributed by atoms with Gasteiger partial charge < -0.3 is 10.4 Å². The van der Waals surface area contributed by atoms with E-state index < -0.39 is 0 Å². The minimum absolute atomic E-state index is 0.0755. The van der Waals surface area contributed by atoms with Crippen molar-refractivity contribution in [2.45, 2.75) is 26.2 Å². The fourth-order valence-corrected chi connectivity index (χ4v) is 0.940. The molecule has 78 valence electrons. The van der Waals surface area contributed by atoms with Crippen molar-refractivity contribution in [3.8, 4) is 0 Å². The van der Waals surface area contributed by atoms with Crippen LogP contribution in [-0.4, -0.2) is 24.7 Å². The molecule has 0 aromatic rings. The third-order valence-corrected chi connectivity index (χ3v) is 1.74. The molecule has 0 aliphatic carbocycles. The highest BCUT2D eigenvalue weighted by Crippen LogP contribution is 2.06. The van der Waals surface area contributed by atoms with Crippen LogP contribution in [0.4, 0.5) is 0 Å². The van der Waals surface area contributed by atoms with E-state index in [0.29, 0.717) is 0 Å². The Morgan fingerprint density at radius 1 is 1.77 bits per heavy atom. The molecule has 0 saturated heterocycles. The number of aliphatic hydroxyl groups is 1. The van der Waals surface area contributed by atoms with Gasteiger partial charge in [0.05, 0.1) is 0 Å². The van der Waals surface area contributed by atoms with Crippen molar-refractivity contribution in [1.82, 2.24) is 5.32 Å². The molecule has 4 nitrogen and oxygen atoms in total. The van der Waals surface area contributed by atoms with Gasteiger partial charge in [0.15, 0.2) is 1.41 Å². The highest BCUT2D eigenvalue weighted by molar-refractivity contribution is 7.02. The van der Waals surface area contributed by atoms with Crippen LogP contribution < -0.4 is 5.32 Å². The lowest BCUT2D eigenvalue weighted by atomic mass is 10.0. The summed E-state index contributed by atoms with van der Waals surface area (Å²) in [5.74, 6) is 0.162. The second-order valence-corrected chi connectivity index (χ2v) is 2.73. The van der Waals surface area contributed by atoms with Crippen LogP contribution in [0.25, 0.3) is 0 Å². The largest absolute Gasteiger partial charge is 0.396 e. The summed E-state index contributed by atoms with van der Waals surface area (Å²) < 4.78 is 5.75. The van der Waals surface area contributed by atoms with Crippen molar-refractivity contribution in [2.24, 2.45) is 5.92 Å². The first-order valence-corrected chi connectivity index (χ1v) is 4.72. The minimum atomic E-state index is 0.0755. The fraction of sp³-hybridized carbons (Fsp3) is 0.875. The molecule has 5 heteroatoms. The fourth-order valence-electron chi connectivity index (χ4n) is 0.940. The Labute approximate surface area is 83.3 Å². The van der Waals surface area contributed by atoms with Gasteiger partial charge >= 0.3 is 0 Å². The molecule has 3 N–H and O–H groups in total. The van der Waals surface area contributed by atoms with E-state index in [1.54, 1.807) is 7.05 Å². The zero-order valence-corrected chi connectivity index (χ0v) is 9.21. The molecule has 1 unspecified atom stereocenters. The molecule has 1 amide bonds. The maximum Gasteiger partial charge on any atom is 0.222 e. The van der Waals surface area contributed by atoms with Crippen LogP contribution in [0.1, 0.15) is 26.2 Å². The van der Waals surface area contributed by atoms with Gasteiger partial charge in [-0.2, -0.15) is 0 Å². The van der Waals surface area contributed by atoms with E-state index in [9.17, 15) is 4.79 Å². The lowest BCUT2D eigenvalue weighted by Crippen LogP contribution is -2.25. The van der Waals surface area contributed by atoms with E-state index in [0.717, 1.165) is 19.3 Å². The number of carbonyl (C=O) groups excluding carboxylic acids is 1. The highest BCUT2D eigenvalue weighted by atomic mass is 31.0. The quantitative estimate of drug-likeness (QED) is 0.471. The van der Waals surface area contributed by atoms with Gasteiger partial charge in [-0.3, -0.25) is 9.95 Å². The first kappa shape index (κ1) is 12.5. The number of hydrogen-bond donors (Lipinski definition) is 3. The molecule has 0 heterocycles. The van der Waals surface area contributed by atoms with Gasteiger partial charge in [-0.1, -0.05) is 13.3 Å². The van der Waals surface area contributed by atoms with Gasteiger partial charge in [0.2, 0.25) is 5.91 Å². The average molecular weight is 207 g/mol. The normalized spacial score (nSPS) is 11.8. The molecule has 0 rings (SSSR count). The predicted molar refractivity (Wildman–Crippen MR) is 55.2 cm³/mol. The number of hydrogen-bond acceptors (Lipinski definition) is 3. The van der Waals surface area contributed by atoms with Crippen LogP contribution in [0, 0.1) is 11.1 Å². The Balaban J connectivity index is 0. The SMILES string of the molecule is CNC(=O)C(C)CCCCO.[2H]N=P. The van der Waals surface area contributed by atoms with Crippen molar-refractivity contribution in [1.29, 1.82) is 5.15 Å². The summed E-state index contributed by atoms with van der Waals surface area (Å²) in [6.45, 7) is 2.12. The summed E-state index contributed by atoms with van der Waals surface area (Å²) in [6, 6.07) is 0. The number of amides is 1. The third kappa shape index (κ3) is 9.44. The van der Waals surface area contributed by atoms with Gasteiger partial charge in [0.25, 0.3) is 0 Å². The molecule has 1 atom stereocenters. The first-order chi connectivity index (χ1) is 6.63. The van der Waals surface area contributed by atoms with E-state index in [1.165, 1.54) is 0 Å². The maximum absolute atomic E-state index is 10.9. The summed E-state index contributed by atoms with van der Waals surface area (Å²) >= 11 is 0. The second-order valence-electron chi connectivity index (χ2n) is 2.73. The molecule has 0 radical (unpaired) electrons. The number of nitrogens with one attached hydrogen (secondary N) is 2. The topological polar surface area (TPSA) is 73.2 Å². The smallest absolute Gasteiger partial charge is 0.222 e. The van der Waals surface area contributed by atoms with Gasteiger partial charge in [0, 0.05) is 19.6 Å². The Hall–Kier alpha value is -0.470. The molecular weight excluding hydrogens is 187 g/mol. The van der Waals surface area contributed by atoms with Crippen LogP contribution in [-0.2, 0) is 4.79 Å². The van der Waals surface area contributed by atoms with E-state index in [4.69, 9.17) is 6.52 Å². The molecular formula is C8H19N2O2P. The maximum atomic E-state index is 10.9. The lowest BCUT2D eigenvalue weighted by molar-refractivity contribution is -0.124. The van der Waals surface area contributed by atoms with E-state index in [-0.39, 0.29) is 18.4 Å². The molecule has 0 bridgehead atoms. The van der Waals surface area contributed by atoms with Crippen LogP contribution in [0.5, 0.6) is 0 Å². The number of unbranched alkanes of at least 4 members (excludes halogenated alkanes) is 1. The second kappa shape index (κ2) is 11.5. The molecule has 0 aliphatic rings. The van der Waals surface area contributed by atoms with Crippen LogP contribution in [0.15, 0.2) is 0 Å². The minimum Gasteiger partial charge on any atom is -0.396 e. The van der Waals surface area contributed by atoms with E-state index in [2.05, 4.69) is 19.5 Å². The van der Waals surface area contributed by atoms with Gasteiger partial charge in [-0.05, 0) is 21.9 Å². The van der Waals surface area contributed by atoms with Crippen molar-refractivity contribution in [3.05, 3.63) is 0 Å². The Kier molecular flexibility index (Phi) is 11.1. The summed E-state index contributed by atoms with van der Waals surface area (Å²) in [7, 11) is 4.12. The van der Waals surface area contributed by atoms with Gasteiger partial charge in [-0.25, -0.2) is 0 Å². The van der Waals surface area contributed by atoms with Gasteiger partial charge in [0.1, 0.15) is 0 Å². The predicted octanol–water partition coefficient (Wildman–Crippen LogP) is 1.42. The Bertz CT molecular complexity index is 158. The summed E-state index contributed by atoms with van der Waals surface area (Å²) in [5.41, 5.74) is 0. The molecule has 0 fully saturated rings. The van der Waals surface area contributed by atoms with E-state index in [1.807, 2.05) is 6.92 Å². The van der Waals surface area contributed by atoms with E-state index >= 15 is 0 Å². The highest BCUT2D eigenvalue weighted by Gasteiger charge is 2.09. The van der Waals surface area contributed by atoms with Crippen LogP contribution in [0.2, 0.25) is 1.41 Å². The molecule has 0 aromatic carbocycles. The third-order valence-electron chi connectivity index (χ3n) is 1.74. The van der Waals surface area contributed by atoms with Crippen LogP contribution in [0.3, 0.4) is 0 Å². The number of aliphatic hydroxyl groups excluding tert-OH is 1. The molecule has 0 aromatic heterocycles. The summed E-state index contributed by atoms with van der Waals surface area (Å²) in [5, 5.41) is 13.6. The average Bonchev–Trinajstić information content (AvgIpc) is 2.18. The standard InChI is InChI=1S/C8H17NO2.H2NP/c1-7(8(11)9-2)5-3-4-6-10;1-2/h7,10H,3-6H2,1-2H3,(H,9,11);1-2H/i/hD. The number of carbonyl (C=O) groups is 1. The van der Waals surface area contributed by atoms with Crippen LogP contribution >= 0.6 is 9.03 Å². The Morgan fingerprint density at radius 3 is 2.69 bits per heavy atom. The van der Waals surface area contributed by atoms with Crippen molar-refractivity contribution in [2.75, 3.05) is 13.7 Å².